The number of hydrogen-bond donors (Lipinski definition) is 2. The summed E-state index contributed by atoms with van der Waals surface area (Å²) < 4.78 is 29.1. The highest BCUT2D eigenvalue weighted by Gasteiger charge is 2.15. The Labute approximate surface area is 162 Å². The molecule has 27 heavy (non-hydrogen) atoms. The molecule has 0 aliphatic heterocycles. The Bertz CT molecular complexity index is 1040. The number of anilines is 2. The second-order valence-electron chi connectivity index (χ2n) is 5.86. The van der Waals surface area contributed by atoms with E-state index in [-0.39, 0.29) is 10.8 Å². The molecule has 1 heterocycles. The van der Waals surface area contributed by atoms with Gasteiger partial charge in [-0.1, -0.05) is 23.7 Å². The largest absolute Gasteiger partial charge is 0.326 e. The number of nitrogens with one attached hydrogen (secondary N) is 2. The first-order chi connectivity index (χ1) is 12.8. The summed E-state index contributed by atoms with van der Waals surface area (Å²) in [5.41, 5.74) is 1.87. The molecule has 0 aliphatic carbocycles. The van der Waals surface area contributed by atoms with Crippen molar-refractivity contribution in [1.82, 2.24) is 9.78 Å². The first-order valence-electron chi connectivity index (χ1n) is 7.99. The molecule has 0 atom stereocenters. The minimum atomic E-state index is -3.76. The second-order valence-corrected chi connectivity index (χ2v) is 7.98. The number of nitrogens with zero attached hydrogens (tertiary/aromatic N) is 2. The van der Waals surface area contributed by atoms with Gasteiger partial charge < -0.3 is 5.32 Å². The number of benzene rings is 2. The minimum Gasteiger partial charge on any atom is -0.326 e. The quantitative estimate of drug-likeness (QED) is 0.658. The minimum absolute atomic E-state index is 0.0852. The van der Waals surface area contributed by atoms with E-state index < -0.39 is 10.0 Å². The van der Waals surface area contributed by atoms with Gasteiger partial charge in [-0.15, -0.1) is 0 Å². The molecule has 7 nitrogen and oxygen atoms in total. The summed E-state index contributed by atoms with van der Waals surface area (Å²) in [5.74, 6) is -0.225. The molecule has 0 aliphatic rings. The third-order valence-electron chi connectivity index (χ3n) is 3.63. The van der Waals surface area contributed by atoms with E-state index in [0.29, 0.717) is 22.9 Å². The summed E-state index contributed by atoms with van der Waals surface area (Å²) in [5, 5.41) is 7.41. The first-order valence-corrected chi connectivity index (χ1v) is 9.85. The van der Waals surface area contributed by atoms with E-state index in [1.165, 1.54) is 37.4 Å². The highest BCUT2D eigenvalue weighted by Crippen LogP contribution is 2.18. The molecule has 0 saturated heterocycles. The van der Waals surface area contributed by atoms with Gasteiger partial charge in [-0.3, -0.25) is 14.2 Å². The van der Waals surface area contributed by atoms with E-state index in [1.807, 2.05) is 12.1 Å². The Morgan fingerprint density at radius 2 is 1.74 bits per heavy atom. The van der Waals surface area contributed by atoms with Crippen molar-refractivity contribution in [2.24, 2.45) is 0 Å². The predicted molar refractivity (Wildman–Crippen MR) is 104 cm³/mol. The topological polar surface area (TPSA) is 93.1 Å². The van der Waals surface area contributed by atoms with E-state index in [4.69, 9.17) is 11.6 Å². The zero-order valence-corrected chi connectivity index (χ0v) is 16.0. The smallest absolute Gasteiger partial charge is 0.261 e. The Morgan fingerprint density at radius 1 is 1.07 bits per heavy atom. The highest BCUT2D eigenvalue weighted by atomic mass is 35.5. The Hall–Kier alpha value is -2.84. The molecule has 1 amide bonds. The summed E-state index contributed by atoms with van der Waals surface area (Å²) in [6.45, 7) is 1.87. The first kappa shape index (κ1) is 18.9. The average Bonchev–Trinajstić information content (AvgIpc) is 3.03. The van der Waals surface area contributed by atoms with Crippen LogP contribution in [0, 0.1) is 0 Å². The van der Waals surface area contributed by atoms with Crippen molar-refractivity contribution in [1.29, 1.82) is 0 Å². The van der Waals surface area contributed by atoms with Gasteiger partial charge in [0.2, 0.25) is 5.91 Å². The average molecular weight is 405 g/mol. The summed E-state index contributed by atoms with van der Waals surface area (Å²) >= 11 is 5.86. The molecule has 0 spiro atoms. The molecule has 3 rings (SSSR count). The number of aromatic nitrogens is 2. The lowest BCUT2D eigenvalue weighted by molar-refractivity contribution is -0.114. The van der Waals surface area contributed by atoms with Crippen molar-refractivity contribution in [2.45, 2.75) is 18.4 Å². The molecule has 9 heteroatoms. The Balaban J connectivity index is 1.69. The fraction of sp³-hybridized carbons (Fsp3) is 0.111. The van der Waals surface area contributed by atoms with Crippen LogP contribution in [0.5, 0.6) is 0 Å². The fourth-order valence-corrected chi connectivity index (χ4v) is 3.57. The van der Waals surface area contributed by atoms with Crippen LogP contribution >= 0.6 is 11.6 Å². The van der Waals surface area contributed by atoms with Crippen LogP contribution in [-0.2, 0) is 21.4 Å². The van der Waals surface area contributed by atoms with Crippen molar-refractivity contribution in [3.05, 3.63) is 71.5 Å². The highest BCUT2D eigenvalue weighted by molar-refractivity contribution is 7.92. The maximum absolute atomic E-state index is 12.5. The van der Waals surface area contributed by atoms with Crippen LogP contribution in [0.4, 0.5) is 11.4 Å². The van der Waals surface area contributed by atoms with Crippen LogP contribution in [0.2, 0.25) is 5.02 Å². The van der Waals surface area contributed by atoms with Gasteiger partial charge in [0.15, 0.2) is 0 Å². The summed E-state index contributed by atoms with van der Waals surface area (Å²) in [6, 6.07) is 13.2. The van der Waals surface area contributed by atoms with Crippen molar-refractivity contribution in [3.8, 4) is 0 Å². The number of halogens is 1. The lowest BCUT2D eigenvalue weighted by atomic mass is 10.2. The van der Waals surface area contributed by atoms with Crippen molar-refractivity contribution in [2.75, 3.05) is 10.0 Å². The van der Waals surface area contributed by atoms with Gasteiger partial charge in [0, 0.05) is 23.8 Å². The van der Waals surface area contributed by atoms with Gasteiger partial charge in [0.05, 0.1) is 23.3 Å². The van der Waals surface area contributed by atoms with E-state index in [2.05, 4.69) is 15.1 Å². The van der Waals surface area contributed by atoms with Crippen molar-refractivity contribution < 1.29 is 13.2 Å². The summed E-state index contributed by atoms with van der Waals surface area (Å²) in [6.07, 6.45) is 3.05. The Morgan fingerprint density at radius 3 is 2.37 bits per heavy atom. The SMILES string of the molecule is CC(=O)Nc1ccc(S(=O)(=O)Nc2cnn(Cc3ccc(Cl)cc3)c2)cc1. The lowest BCUT2D eigenvalue weighted by Crippen LogP contribution is -2.13. The van der Waals surface area contributed by atoms with E-state index >= 15 is 0 Å². The standard InChI is InChI=1S/C18H17ClN4O3S/c1-13(24)21-16-6-8-18(9-7-16)27(25,26)22-17-10-20-23(12-17)11-14-2-4-15(19)5-3-14/h2-10,12,22H,11H2,1H3,(H,21,24). The molecular formula is C18H17ClN4O3S. The van der Waals surface area contributed by atoms with E-state index in [9.17, 15) is 13.2 Å². The predicted octanol–water partition coefficient (Wildman–Crippen LogP) is 3.34. The maximum atomic E-state index is 12.5. The van der Waals surface area contributed by atoms with Gasteiger partial charge in [-0.25, -0.2) is 8.42 Å². The number of hydrogen-bond acceptors (Lipinski definition) is 4. The molecule has 2 aromatic carbocycles. The van der Waals surface area contributed by atoms with Crippen LogP contribution in [0.1, 0.15) is 12.5 Å². The maximum Gasteiger partial charge on any atom is 0.261 e. The van der Waals surface area contributed by atoms with Gasteiger partial charge in [0.25, 0.3) is 10.0 Å². The molecule has 0 unspecified atom stereocenters. The van der Waals surface area contributed by atoms with Gasteiger partial charge in [-0.2, -0.15) is 5.10 Å². The number of carbonyl (C=O) groups excluding carboxylic acids is 1. The van der Waals surface area contributed by atoms with E-state index in [1.54, 1.807) is 23.0 Å². The monoisotopic (exact) mass is 404 g/mol. The zero-order valence-electron chi connectivity index (χ0n) is 14.4. The van der Waals surface area contributed by atoms with Crippen LogP contribution in [0.3, 0.4) is 0 Å². The number of carbonyl (C=O) groups is 1. The summed E-state index contributed by atoms with van der Waals surface area (Å²) in [4.78, 5) is 11.1. The van der Waals surface area contributed by atoms with Crippen LogP contribution in [0.25, 0.3) is 0 Å². The third-order valence-corrected chi connectivity index (χ3v) is 5.28. The number of sulfonamides is 1. The lowest BCUT2D eigenvalue weighted by Gasteiger charge is -2.07. The van der Waals surface area contributed by atoms with Crippen LogP contribution in [0.15, 0.2) is 65.8 Å². The molecule has 0 radical (unpaired) electrons. The molecule has 0 bridgehead atoms. The third kappa shape index (κ3) is 5.08. The fourth-order valence-electron chi connectivity index (χ4n) is 2.41. The van der Waals surface area contributed by atoms with E-state index in [0.717, 1.165) is 5.56 Å². The molecule has 0 fully saturated rings. The number of rotatable bonds is 6. The Kier molecular flexibility index (Phi) is 5.48. The molecule has 0 saturated carbocycles. The van der Waals surface area contributed by atoms with Crippen LogP contribution < -0.4 is 10.0 Å². The van der Waals surface area contributed by atoms with Crippen molar-refractivity contribution >= 4 is 38.9 Å². The second kappa shape index (κ2) is 7.81. The molecule has 2 N–H and O–H groups in total. The normalized spacial score (nSPS) is 11.2. The van der Waals surface area contributed by atoms with Gasteiger partial charge in [-0.05, 0) is 42.0 Å². The number of amides is 1. The van der Waals surface area contributed by atoms with Crippen LogP contribution in [-0.4, -0.2) is 24.1 Å². The molecule has 140 valence electrons. The molecule has 3 aromatic rings. The summed E-state index contributed by atoms with van der Waals surface area (Å²) in [7, 11) is -3.76. The molecular weight excluding hydrogens is 388 g/mol. The van der Waals surface area contributed by atoms with Crippen molar-refractivity contribution in [3.63, 3.8) is 0 Å². The molecule has 1 aromatic heterocycles. The zero-order chi connectivity index (χ0) is 19.4. The van der Waals surface area contributed by atoms with Gasteiger partial charge in [0.1, 0.15) is 0 Å². The van der Waals surface area contributed by atoms with Gasteiger partial charge >= 0.3 is 0 Å².